The lowest BCUT2D eigenvalue weighted by Gasteiger charge is -2.36. The lowest BCUT2D eigenvalue weighted by Crippen LogP contribution is -2.40. The van der Waals surface area contributed by atoms with Gasteiger partial charge in [-0.3, -0.25) is 9.63 Å². The van der Waals surface area contributed by atoms with Gasteiger partial charge in [-0.2, -0.15) is 13.2 Å². The zero-order chi connectivity index (χ0) is 11.6. The molecule has 1 saturated carbocycles. The fourth-order valence-electron chi connectivity index (χ4n) is 1.78. The Kier molecular flexibility index (Phi) is 3.59. The van der Waals surface area contributed by atoms with Crippen LogP contribution in [-0.2, 0) is 9.63 Å². The molecular formula is C9H14F3NO2. The van der Waals surface area contributed by atoms with Crippen molar-refractivity contribution in [2.45, 2.75) is 25.4 Å². The molecular weight excluding hydrogens is 211 g/mol. The van der Waals surface area contributed by atoms with Crippen molar-refractivity contribution in [2.75, 3.05) is 14.2 Å². The summed E-state index contributed by atoms with van der Waals surface area (Å²) in [7, 11) is 2.81. The van der Waals surface area contributed by atoms with Crippen LogP contribution in [0.3, 0.4) is 0 Å². The summed E-state index contributed by atoms with van der Waals surface area (Å²) >= 11 is 0. The van der Waals surface area contributed by atoms with Crippen molar-refractivity contribution in [2.24, 2.45) is 11.8 Å². The Labute approximate surface area is 86.1 Å². The Morgan fingerprint density at radius 2 is 2.00 bits per heavy atom. The maximum absolute atomic E-state index is 12.0. The molecule has 0 N–H and O–H groups in total. The molecule has 0 unspecified atom stereocenters. The zero-order valence-corrected chi connectivity index (χ0v) is 8.67. The smallest absolute Gasteiger partial charge is 0.275 e. The quantitative estimate of drug-likeness (QED) is 0.687. The van der Waals surface area contributed by atoms with E-state index in [-0.39, 0.29) is 11.8 Å². The second-order valence-corrected chi connectivity index (χ2v) is 3.87. The van der Waals surface area contributed by atoms with Gasteiger partial charge in [-0.25, -0.2) is 5.06 Å². The molecule has 0 heterocycles. The second kappa shape index (κ2) is 4.38. The van der Waals surface area contributed by atoms with Crippen molar-refractivity contribution in [1.82, 2.24) is 5.06 Å². The maximum Gasteiger partial charge on any atom is 0.389 e. The normalized spacial score (nSPS) is 25.9. The summed E-state index contributed by atoms with van der Waals surface area (Å²) in [4.78, 5) is 16.1. The van der Waals surface area contributed by atoms with Crippen LogP contribution in [0.5, 0.6) is 0 Å². The minimum Gasteiger partial charge on any atom is -0.275 e. The standard InChI is InChI=1S/C9H14F3NO2/c1-13(15-2)8(14)7-3-6(4-7)5-9(10,11)12/h6-7H,3-5H2,1-2H3. The predicted molar refractivity (Wildman–Crippen MR) is 46.7 cm³/mol. The number of alkyl halides is 3. The Balaban J connectivity index is 2.29. The van der Waals surface area contributed by atoms with Crippen LogP contribution in [0.4, 0.5) is 13.2 Å². The van der Waals surface area contributed by atoms with E-state index in [1.165, 1.54) is 14.2 Å². The molecule has 0 saturated heterocycles. The molecule has 0 aliphatic heterocycles. The van der Waals surface area contributed by atoms with Gasteiger partial charge in [0.1, 0.15) is 0 Å². The fraction of sp³-hybridized carbons (Fsp3) is 0.889. The van der Waals surface area contributed by atoms with E-state index in [0.29, 0.717) is 12.8 Å². The van der Waals surface area contributed by atoms with Gasteiger partial charge in [0, 0.05) is 19.4 Å². The number of amides is 1. The molecule has 0 spiro atoms. The van der Waals surface area contributed by atoms with Crippen LogP contribution in [0.25, 0.3) is 0 Å². The number of hydroxylamine groups is 2. The summed E-state index contributed by atoms with van der Waals surface area (Å²) in [6.45, 7) is 0. The Bertz CT molecular complexity index is 236. The molecule has 1 rings (SSSR count). The summed E-state index contributed by atoms with van der Waals surface area (Å²) in [5.41, 5.74) is 0. The Hall–Kier alpha value is -0.780. The van der Waals surface area contributed by atoms with E-state index in [4.69, 9.17) is 0 Å². The highest BCUT2D eigenvalue weighted by Crippen LogP contribution is 2.41. The minimum atomic E-state index is -4.12. The molecule has 1 aliphatic rings. The van der Waals surface area contributed by atoms with Crippen LogP contribution in [-0.4, -0.2) is 31.3 Å². The van der Waals surface area contributed by atoms with E-state index in [9.17, 15) is 18.0 Å². The second-order valence-electron chi connectivity index (χ2n) is 3.87. The maximum atomic E-state index is 12.0. The number of hydrogen-bond donors (Lipinski definition) is 0. The molecule has 1 amide bonds. The van der Waals surface area contributed by atoms with E-state index < -0.39 is 18.5 Å². The van der Waals surface area contributed by atoms with Crippen molar-refractivity contribution in [3.8, 4) is 0 Å². The molecule has 0 aromatic heterocycles. The van der Waals surface area contributed by atoms with Gasteiger partial charge in [0.25, 0.3) is 0 Å². The van der Waals surface area contributed by atoms with E-state index in [0.717, 1.165) is 5.06 Å². The van der Waals surface area contributed by atoms with Crippen molar-refractivity contribution < 1.29 is 22.8 Å². The van der Waals surface area contributed by atoms with E-state index in [1.54, 1.807) is 0 Å². The van der Waals surface area contributed by atoms with E-state index in [1.807, 2.05) is 0 Å². The molecule has 0 aromatic carbocycles. The molecule has 0 radical (unpaired) electrons. The summed E-state index contributed by atoms with van der Waals surface area (Å²) in [6, 6.07) is 0. The lowest BCUT2D eigenvalue weighted by atomic mass is 9.72. The van der Waals surface area contributed by atoms with Gasteiger partial charge in [0.2, 0.25) is 5.91 Å². The third-order valence-electron chi connectivity index (χ3n) is 2.69. The van der Waals surface area contributed by atoms with Crippen molar-refractivity contribution in [3.05, 3.63) is 0 Å². The molecule has 0 atom stereocenters. The summed E-state index contributed by atoms with van der Waals surface area (Å²) in [5.74, 6) is -0.942. The molecule has 1 aliphatic carbocycles. The van der Waals surface area contributed by atoms with Crippen LogP contribution in [0.15, 0.2) is 0 Å². The predicted octanol–water partition coefficient (Wildman–Crippen LogP) is 1.98. The van der Waals surface area contributed by atoms with Gasteiger partial charge < -0.3 is 0 Å². The Morgan fingerprint density at radius 3 is 2.40 bits per heavy atom. The molecule has 15 heavy (non-hydrogen) atoms. The fourth-order valence-corrected chi connectivity index (χ4v) is 1.78. The average molecular weight is 225 g/mol. The van der Waals surface area contributed by atoms with Crippen molar-refractivity contribution in [1.29, 1.82) is 0 Å². The molecule has 6 heteroatoms. The third kappa shape index (κ3) is 3.37. The van der Waals surface area contributed by atoms with Crippen LogP contribution in [0, 0.1) is 11.8 Å². The first-order valence-electron chi connectivity index (χ1n) is 4.72. The topological polar surface area (TPSA) is 29.5 Å². The highest BCUT2D eigenvalue weighted by atomic mass is 19.4. The van der Waals surface area contributed by atoms with Gasteiger partial charge in [-0.05, 0) is 18.8 Å². The van der Waals surface area contributed by atoms with Gasteiger partial charge in [0.15, 0.2) is 0 Å². The lowest BCUT2D eigenvalue weighted by molar-refractivity contribution is -0.183. The van der Waals surface area contributed by atoms with Gasteiger partial charge >= 0.3 is 6.18 Å². The van der Waals surface area contributed by atoms with Crippen LogP contribution < -0.4 is 0 Å². The number of nitrogens with zero attached hydrogens (tertiary/aromatic N) is 1. The number of rotatable bonds is 3. The van der Waals surface area contributed by atoms with Crippen molar-refractivity contribution >= 4 is 5.91 Å². The van der Waals surface area contributed by atoms with Gasteiger partial charge in [-0.15, -0.1) is 0 Å². The van der Waals surface area contributed by atoms with E-state index >= 15 is 0 Å². The number of halogens is 3. The first kappa shape index (κ1) is 12.3. The summed E-state index contributed by atoms with van der Waals surface area (Å²) in [6.07, 6.45) is -4.28. The molecule has 1 fully saturated rings. The third-order valence-corrected chi connectivity index (χ3v) is 2.69. The number of hydrogen-bond acceptors (Lipinski definition) is 2. The van der Waals surface area contributed by atoms with Crippen LogP contribution >= 0.6 is 0 Å². The van der Waals surface area contributed by atoms with Crippen LogP contribution in [0.2, 0.25) is 0 Å². The highest BCUT2D eigenvalue weighted by Gasteiger charge is 2.42. The molecule has 0 aromatic rings. The Morgan fingerprint density at radius 1 is 1.47 bits per heavy atom. The highest BCUT2D eigenvalue weighted by molar-refractivity contribution is 5.78. The zero-order valence-electron chi connectivity index (χ0n) is 8.67. The first-order chi connectivity index (χ1) is 6.83. The summed E-state index contributed by atoms with van der Waals surface area (Å²) < 4.78 is 35.9. The van der Waals surface area contributed by atoms with E-state index in [2.05, 4.69) is 4.84 Å². The largest absolute Gasteiger partial charge is 0.389 e. The summed E-state index contributed by atoms with van der Waals surface area (Å²) in [5, 5.41) is 1.06. The van der Waals surface area contributed by atoms with Gasteiger partial charge in [-0.1, -0.05) is 0 Å². The SMILES string of the molecule is CON(C)C(=O)C1CC(CC(F)(F)F)C1. The molecule has 3 nitrogen and oxygen atoms in total. The minimum absolute atomic E-state index is 0.240. The van der Waals surface area contributed by atoms with Crippen LogP contribution in [0.1, 0.15) is 19.3 Å². The number of carbonyl (C=O) groups is 1. The monoisotopic (exact) mass is 225 g/mol. The average Bonchev–Trinajstić information content (AvgIpc) is 2.06. The number of carbonyl (C=O) groups excluding carboxylic acids is 1. The first-order valence-corrected chi connectivity index (χ1v) is 4.72. The van der Waals surface area contributed by atoms with Gasteiger partial charge in [0.05, 0.1) is 7.11 Å². The van der Waals surface area contributed by atoms with Crippen molar-refractivity contribution in [3.63, 3.8) is 0 Å². The molecule has 0 bridgehead atoms. The molecule has 88 valence electrons.